The van der Waals surface area contributed by atoms with Crippen molar-refractivity contribution in [2.45, 2.75) is 40.0 Å². The van der Waals surface area contributed by atoms with Crippen molar-refractivity contribution in [3.63, 3.8) is 0 Å². The van der Waals surface area contributed by atoms with Crippen molar-refractivity contribution >= 4 is 28.9 Å². The smallest absolute Gasteiger partial charge is 0.273 e. The first-order chi connectivity index (χ1) is 16.6. The minimum absolute atomic E-state index is 0.0243. The van der Waals surface area contributed by atoms with Crippen LogP contribution >= 0.6 is 11.3 Å². The average molecular weight is 490 g/mol. The van der Waals surface area contributed by atoms with Crippen LogP contribution in [-0.4, -0.2) is 30.7 Å². The highest BCUT2D eigenvalue weighted by atomic mass is 32.1. The number of benzene rings is 2. The molecule has 0 radical (unpaired) electrons. The fourth-order valence-electron chi connectivity index (χ4n) is 3.79. The molecule has 35 heavy (non-hydrogen) atoms. The number of carbonyl (C=O) groups is 1. The lowest BCUT2D eigenvalue weighted by atomic mass is 9.87. The molecule has 0 saturated carbocycles. The summed E-state index contributed by atoms with van der Waals surface area (Å²) in [5.41, 5.74) is 4.17. The molecular weight excluding hydrogens is 458 g/mol. The van der Waals surface area contributed by atoms with Crippen molar-refractivity contribution in [3.8, 4) is 11.8 Å². The van der Waals surface area contributed by atoms with Gasteiger partial charge >= 0.3 is 0 Å². The van der Waals surface area contributed by atoms with Crippen molar-refractivity contribution in [2.75, 3.05) is 20.3 Å². The van der Waals surface area contributed by atoms with Crippen molar-refractivity contribution < 1.29 is 9.53 Å². The van der Waals surface area contributed by atoms with Crippen LogP contribution in [0.25, 0.3) is 17.3 Å². The van der Waals surface area contributed by atoms with Crippen LogP contribution in [-0.2, 0) is 14.9 Å². The summed E-state index contributed by atoms with van der Waals surface area (Å²) < 4.78 is 7.24. The summed E-state index contributed by atoms with van der Waals surface area (Å²) in [6.07, 6.45) is 1.81. The Hall–Kier alpha value is -3.47. The van der Waals surface area contributed by atoms with E-state index < -0.39 is 5.91 Å². The number of rotatable bonds is 6. The maximum Gasteiger partial charge on any atom is 0.273 e. The highest BCUT2D eigenvalue weighted by molar-refractivity contribution is 7.07. The fourth-order valence-corrected chi connectivity index (χ4v) is 4.88. The monoisotopic (exact) mass is 489 g/mol. The lowest BCUT2D eigenvalue weighted by Gasteiger charge is -2.18. The van der Waals surface area contributed by atoms with Gasteiger partial charge in [0.25, 0.3) is 11.5 Å². The first kappa shape index (κ1) is 26.1. The summed E-state index contributed by atoms with van der Waals surface area (Å²) in [6.45, 7) is 10.9. The zero-order valence-electron chi connectivity index (χ0n) is 21.1. The van der Waals surface area contributed by atoms with Crippen molar-refractivity contribution in [1.82, 2.24) is 9.88 Å². The third kappa shape index (κ3) is 5.79. The number of aryl methyl sites for hydroxylation is 2. The van der Waals surface area contributed by atoms with Crippen LogP contribution in [0, 0.1) is 25.2 Å². The van der Waals surface area contributed by atoms with Gasteiger partial charge in [-0.3, -0.25) is 14.2 Å². The van der Waals surface area contributed by atoms with Crippen molar-refractivity contribution in [1.29, 1.82) is 5.26 Å². The van der Waals surface area contributed by atoms with E-state index in [-0.39, 0.29) is 23.1 Å². The Bertz CT molecular complexity index is 1430. The number of amides is 1. The van der Waals surface area contributed by atoms with E-state index in [9.17, 15) is 14.9 Å². The molecule has 0 aliphatic carbocycles. The number of hydrogen-bond donors (Lipinski definition) is 1. The summed E-state index contributed by atoms with van der Waals surface area (Å²) >= 11 is 1.15. The van der Waals surface area contributed by atoms with Gasteiger partial charge in [0.05, 0.1) is 16.8 Å². The van der Waals surface area contributed by atoms with E-state index in [1.54, 1.807) is 0 Å². The van der Waals surface area contributed by atoms with Crippen LogP contribution in [0.4, 0.5) is 0 Å². The van der Waals surface area contributed by atoms with Crippen LogP contribution < -0.4 is 20.1 Å². The third-order valence-electron chi connectivity index (χ3n) is 5.71. The average Bonchev–Trinajstić information content (AvgIpc) is 3.10. The van der Waals surface area contributed by atoms with Crippen LogP contribution in [0.3, 0.4) is 0 Å². The molecule has 7 heteroatoms. The normalized spacial score (nSPS) is 12.9. The van der Waals surface area contributed by atoms with Gasteiger partial charge in [0.1, 0.15) is 10.7 Å². The number of methoxy groups -OCH3 is 1. The number of ether oxygens (including phenoxy) is 1. The van der Waals surface area contributed by atoms with E-state index in [4.69, 9.17) is 4.74 Å². The van der Waals surface area contributed by atoms with E-state index in [0.29, 0.717) is 21.5 Å². The van der Waals surface area contributed by atoms with Crippen molar-refractivity contribution in [2.24, 2.45) is 0 Å². The standard InChI is InChI=1S/C28H31N3O3S/c1-18-8-7-9-19(2)24(18)31-26(33)23(16-20-10-12-21(13-11-20)28(3,4)5)35-27(31)22(17-29)25(32)30-14-15-34-6/h7-13,16H,14-15H2,1-6H3,(H,30,32)/b23-16-,27-22-. The molecular formula is C28H31N3O3S. The highest BCUT2D eigenvalue weighted by Gasteiger charge is 2.19. The van der Waals surface area contributed by atoms with Gasteiger partial charge in [-0.25, -0.2) is 0 Å². The van der Waals surface area contributed by atoms with Gasteiger partial charge in [0.2, 0.25) is 0 Å². The molecule has 0 atom stereocenters. The van der Waals surface area contributed by atoms with E-state index in [1.807, 2.05) is 56.3 Å². The number of nitrogens with one attached hydrogen (secondary N) is 1. The second-order valence-corrected chi connectivity index (χ2v) is 10.4. The Morgan fingerprint density at radius 2 is 1.77 bits per heavy atom. The summed E-state index contributed by atoms with van der Waals surface area (Å²) in [5.74, 6) is -0.535. The lowest BCUT2D eigenvalue weighted by Crippen LogP contribution is -2.35. The first-order valence-electron chi connectivity index (χ1n) is 11.4. The maximum atomic E-state index is 13.7. The molecule has 0 aliphatic heterocycles. The van der Waals surface area contributed by atoms with Gasteiger partial charge in [-0.1, -0.05) is 63.2 Å². The molecule has 182 valence electrons. The first-order valence-corrected chi connectivity index (χ1v) is 12.2. The van der Waals surface area contributed by atoms with Crippen LogP contribution in [0.2, 0.25) is 0 Å². The van der Waals surface area contributed by atoms with Gasteiger partial charge < -0.3 is 10.1 Å². The van der Waals surface area contributed by atoms with E-state index in [0.717, 1.165) is 28.0 Å². The quantitative estimate of drug-likeness (QED) is 0.540. The second-order valence-electron chi connectivity index (χ2n) is 9.40. The number of hydrogen-bond acceptors (Lipinski definition) is 5. The molecule has 6 nitrogen and oxygen atoms in total. The predicted octanol–water partition coefficient (Wildman–Crippen LogP) is 3.08. The largest absolute Gasteiger partial charge is 0.383 e. The Kier molecular flexibility index (Phi) is 8.11. The SMILES string of the molecule is COCCNC(=O)/C(C#N)=c1\s/c(=C\c2ccc(C(C)(C)C)cc2)c(=O)n1-c1c(C)cccc1C. The predicted molar refractivity (Wildman–Crippen MR) is 141 cm³/mol. The Balaban J connectivity index is 2.31. The number of thiazole rings is 1. The van der Waals surface area contributed by atoms with E-state index in [1.165, 1.54) is 17.2 Å². The summed E-state index contributed by atoms with van der Waals surface area (Å²) in [6, 6.07) is 15.8. The topological polar surface area (TPSA) is 84.1 Å². The van der Waals surface area contributed by atoms with Gasteiger partial charge in [0.15, 0.2) is 5.57 Å². The number of para-hydroxylation sites is 1. The molecule has 1 amide bonds. The van der Waals surface area contributed by atoms with Gasteiger partial charge in [-0.2, -0.15) is 5.26 Å². The van der Waals surface area contributed by atoms with Crippen LogP contribution in [0.5, 0.6) is 0 Å². The van der Waals surface area contributed by atoms with Crippen LogP contribution in [0.1, 0.15) is 43.0 Å². The minimum atomic E-state index is -0.535. The molecule has 0 aliphatic rings. The Morgan fingerprint density at radius 1 is 1.14 bits per heavy atom. The van der Waals surface area contributed by atoms with E-state index >= 15 is 0 Å². The summed E-state index contributed by atoms with van der Waals surface area (Å²) in [7, 11) is 1.54. The Morgan fingerprint density at radius 3 is 2.31 bits per heavy atom. The number of aromatic nitrogens is 1. The molecule has 0 saturated heterocycles. The van der Waals surface area contributed by atoms with Crippen LogP contribution in [0.15, 0.2) is 47.3 Å². The molecule has 0 unspecified atom stereocenters. The number of nitriles is 1. The zero-order valence-corrected chi connectivity index (χ0v) is 21.9. The number of carbonyl (C=O) groups excluding carboxylic acids is 1. The second kappa shape index (κ2) is 10.9. The van der Waals surface area contributed by atoms with Gasteiger partial charge in [0, 0.05) is 13.7 Å². The maximum absolute atomic E-state index is 13.7. The molecule has 0 fully saturated rings. The minimum Gasteiger partial charge on any atom is -0.383 e. The summed E-state index contributed by atoms with van der Waals surface area (Å²) in [5, 5.41) is 12.6. The van der Waals surface area contributed by atoms with Gasteiger partial charge in [-0.05, 0) is 47.6 Å². The van der Waals surface area contributed by atoms with Crippen molar-refractivity contribution in [3.05, 3.63) is 84.3 Å². The molecule has 1 N–H and O–H groups in total. The number of nitrogens with zero attached hydrogens (tertiary/aromatic N) is 2. The van der Waals surface area contributed by atoms with Gasteiger partial charge in [-0.15, -0.1) is 11.3 Å². The molecule has 1 aromatic heterocycles. The van der Waals surface area contributed by atoms with E-state index in [2.05, 4.69) is 38.2 Å². The molecule has 3 aromatic rings. The lowest BCUT2D eigenvalue weighted by molar-refractivity contribution is -0.115. The summed E-state index contributed by atoms with van der Waals surface area (Å²) in [4.78, 5) is 26.6. The molecule has 1 heterocycles. The Labute approximate surface area is 209 Å². The molecule has 0 bridgehead atoms. The highest BCUT2D eigenvalue weighted by Crippen LogP contribution is 2.22. The zero-order chi connectivity index (χ0) is 25.8. The fraction of sp³-hybridized carbons (Fsp3) is 0.321. The molecule has 3 rings (SSSR count). The molecule has 0 spiro atoms. The molecule has 2 aromatic carbocycles. The third-order valence-corrected chi connectivity index (χ3v) is 6.80.